The van der Waals surface area contributed by atoms with Crippen LogP contribution >= 0.6 is 24.8 Å². The fourth-order valence-electron chi connectivity index (χ4n) is 1.84. The van der Waals surface area contributed by atoms with Gasteiger partial charge in [-0.25, -0.2) is 0 Å². The molecule has 1 rings (SSSR count). The molecular formula is C15H26Cl2N4O2. The molecule has 2 amide bonds. The van der Waals surface area contributed by atoms with Crippen LogP contribution in [0.5, 0.6) is 0 Å². The Morgan fingerprint density at radius 1 is 1.26 bits per heavy atom. The summed E-state index contributed by atoms with van der Waals surface area (Å²) in [7, 11) is 0. The third-order valence-corrected chi connectivity index (χ3v) is 2.93. The molecule has 4 N–H and O–H groups in total. The number of amides is 2. The zero-order chi connectivity index (χ0) is 15.7. The summed E-state index contributed by atoms with van der Waals surface area (Å²) in [6, 6.07) is 3.20. The minimum Gasteiger partial charge on any atom is -0.354 e. The predicted octanol–water partition coefficient (Wildman–Crippen LogP) is 1.42. The largest absolute Gasteiger partial charge is 0.354 e. The molecule has 1 aromatic rings. The molecule has 23 heavy (non-hydrogen) atoms. The van der Waals surface area contributed by atoms with Gasteiger partial charge in [0.25, 0.3) is 0 Å². The van der Waals surface area contributed by atoms with Crippen molar-refractivity contribution >= 4 is 36.6 Å². The van der Waals surface area contributed by atoms with Crippen LogP contribution in [-0.2, 0) is 16.1 Å². The summed E-state index contributed by atoms with van der Waals surface area (Å²) in [4.78, 5) is 27.3. The number of aromatic nitrogens is 1. The van der Waals surface area contributed by atoms with Gasteiger partial charge in [-0.15, -0.1) is 24.8 Å². The monoisotopic (exact) mass is 364 g/mol. The molecule has 0 aliphatic heterocycles. The van der Waals surface area contributed by atoms with Crippen LogP contribution in [0.25, 0.3) is 0 Å². The van der Waals surface area contributed by atoms with E-state index in [1.807, 2.05) is 26.0 Å². The molecule has 132 valence electrons. The minimum absolute atomic E-state index is 0. The Labute approximate surface area is 149 Å². The average Bonchev–Trinajstić information content (AvgIpc) is 2.45. The quantitative estimate of drug-likeness (QED) is 0.649. The van der Waals surface area contributed by atoms with Crippen molar-refractivity contribution in [3.05, 3.63) is 30.1 Å². The van der Waals surface area contributed by atoms with Gasteiger partial charge >= 0.3 is 0 Å². The van der Waals surface area contributed by atoms with Crippen LogP contribution < -0.4 is 16.4 Å². The van der Waals surface area contributed by atoms with E-state index in [-0.39, 0.29) is 43.0 Å². The summed E-state index contributed by atoms with van der Waals surface area (Å²) in [5, 5.41) is 5.45. The first-order valence-electron chi connectivity index (χ1n) is 7.18. The maximum atomic E-state index is 11.7. The summed E-state index contributed by atoms with van der Waals surface area (Å²) in [5.74, 6) is 0.0499. The first-order chi connectivity index (χ1) is 9.99. The van der Waals surface area contributed by atoms with Crippen molar-refractivity contribution < 1.29 is 9.59 Å². The van der Waals surface area contributed by atoms with E-state index in [0.717, 1.165) is 5.56 Å². The number of carbonyl (C=O) groups excluding carboxylic acids is 2. The Morgan fingerprint density at radius 2 is 1.96 bits per heavy atom. The second-order valence-corrected chi connectivity index (χ2v) is 5.42. The van der Waals surface area contributed by atoms with E-state index in [0.29, 0.717) is 25.4 Å². The SMILES string of the molecule is CC(C)C[C@H](N)C(=O)NCCC(=O)NCc1cccnc1.Cl.Cl. The van der Waals surface area contributed by atoms with E-state index < -0.39 is 6.04 Å². The number of nitrogens with two attached hydrogens (primary N) is 1. The van der Waals surface area contributed by atoms with Crippen LogP contribution in [0, 0.1) is 5.92 Å². The van der Waals surface area contributed by atoms with E-state index in [1.54, 1.807) is 12.4 Å². The first-order valence-corrected chi connectivity index (χ1v) is 7.18. The van der Waals surface area contributed by atoms with Gasteiger partial charge in [0.1, 0.15) is 0 Å². The molecule has 6 nitrogen and oxygen atoms in total. The fourth-order valence-corrected chi connectivity index (χ4v) is 1.84. The Kier molecular flexibility index (Phi) is 13.6. The fraction of sp³-hybridized carbons (Fsp3) is 0.533. The molecule has 0 fully saturated rings. The van der Waals surface area contributed by atoms with Crippen LogP contribution in [-0.4, -0.2) is 29.4 Å². The molecule has 0 saturated heterocycles. The van der Waals surface area contributed by atoms with Gasteiger partial charge in [0.2, 0.25) is 11.8 Å². The number of carbonyl (C=O) groups is 2. The summed E-state index contributed by atoms with van der Waals surface area (Å²) in [6.45, 7) is 4.76. The van der Waals surface area contributed by atoms with Gasteiger partial charge in [-0.05, 0) is 24.0 Å². The summed E-state index contributed by atoms with van der Waals surface area (Å²) >= 11 is 0. The van der Waals surface area contributed by atoms with Gasteiger partial charge in [-0.2, -0.15) is 0 Å². The van der Waals surface area contributed by atoms with Gasteiger partial charge in [0, 0.05) is 31.9 Å². The van der Waals surface area contributed by atoms with Crippen LogP contribution in [0.15, 0.2) is 24.5 Å². The molecule has 0 aliphatic rings. The lowest BCUT2D eigenvalue weighted by Crippen LogP contribution is -2.42. The number of rotatable bonds is 8. The van der Waals surface area contributed by atoms with Crippen LogP contribution in [0.4, 0.5) is 0 Å². The highest BCUT2D eigenvalue weighted by Crippen LogP contribution is 2.02. The molecule has 1 heterocycles. The highest BCUT2D eigenvalue weighted by molar-refractivity contribution is 5.85. The zero-order valence-electron chi connectivity index (χ0n) is 13.5. The lowest BCUT2D eigenvalue weighted by molar-refractivity contribution is -0.123. The minimum atomic E-state index is -0.511. The van der Waals surface area contributed by atoms with Gasteiger partial charge in [0.15, 0.2) is 0 Å². The molecule has 0 unspecified atom stereocenters. The lowest BCUT2D eigenvalue weighted by Gasteiger charge is -2.14. The number of halogens is 2. The van der Waals surface area contributed by atoms with Crippen molar-refractivity contribution in [1.82, 2.24) is 15.6 Å². The Bertz CT molecular complexity index is 458. The van der Waals surface area contributed by atoms with E-state index in [4.69, 9.17) is 5.73 Å². The molecule has 8 heteroatoms. The average molecular weight is 365 g/mol. The van der Waals surface area contributed by atoms with Crippen molar-refractivity contribution in [3.63, 3.8) is 0 Å². The van der Waals surface area contributed by atoms with Crippen molar-refractivity contribution in [2.75, 3.05) is 6.54 Å². The summed E-state index contributed by atoms with van der Waals surface area (Å²) in [5.41, 5.74) is 6.69. The molecular weight excluding hydrogens is 339 g/mol. The number of hydrogen-bond donors (Lipinski definition) is 3. The molecule has 0 radical (unpaired) electrons. The molecule has 1 atom stereocenters. The van der Waals surface area contributed by atoms with Crippen LogP contribution in [0.3, 0.4) is 0 Å². The molecule has 0 spiro atoms. The van der Waals surface area contributed by atoms with Crippen LogP contribution in [0.2, 0.25) is 0 Å². The predicted molar refractivity (Wildman–Crippen MR) is 95.6 cm³/mol. The number of pyridine rings is 1. The van der Waals surface area contributed by atoms with Gasteiger partial charge < -0.3 is 16.4 Å². The summed E-state index contributed by atoms with van der Waals surface area (Å²) < 4.78 is 0. The summed E-state index contributed by atoms with van der Waals surface area (Å²) in [6.07, 6.45) is 4.26. The standard InChI is InChI=1S/C15H24N4O2.2ClH/c1-11(2)8-13(16)15(21)18-7-5-14(20)19-10-12-4-3-6-17-9-12;;/h3-4,6,9,11,13H,5,7-8,10,16H2,1-2H3,(H,18,21)(H,19,20);2*1H/t13-;;/m0../s1. The van der Waals surface area contributed by atoms with E-state index in [9.17, 15) is 9.59 Å². The van der Waals surface area contributed by atoms with Gasteiger partial charge in [0.05, 0.1) is 6.04 Å². The Hall–Kier alpha value is -1.37. The highest BCUT2D eigenvalue weighted by Gasteiger charge is 2.14. The Balaban J connectivity index is 0. The van der Waals surface area contributed by atoms with E-state index in [2.05, 4.69) is 15.6 Å². The Morgan fingerprint density at radius 3 is 2.52 bits per heavy atom. The molecule has 0 saturated carbocycles. The molecule has 1 aromatic heterocycles. The molecule has 0 bridgehead atoms. The van der Waals surface area contributed by atoms with Crippen molar-refractivity contribution in [3.8, 4) is 0 Å². The third kappa shape index (κ3) is 10.9. The van der Waals surface area contributed by atoms with E-state index >= 15 is 0 Å². The van der Waals surface area contributed by atoms with Gasteiger partial charge in [-0.3, -0.25) is 14.6 Å². The van der Waals surface area contributed by atoms with E-state index in [1.165, 1.54) is 0 Å². The molecule has 0 aliphatic carbocycles. The first kappa shape index (κ1) is 23.9. The topological polar surface area (TPSA) is 97.1 Å². The normalized spacial score (nSPS) is 11.0. The number of hydrogen-bond acceptors (Lipinski definition) is 4. The highest BCUT2D eigenvalue weighted by atomic mass is 35.5. The smallest absolute Gasteiger partial charge is 0.236 e. The maximum absolute atomic E-state index is 11.7. The van der Waals surface area contributed by atoms with Crippen molar-refractivity contribution in [2.45, 2.75) is 39.3 Å². The zero-order valence-corrected chi connectivity index (χ0v) is 15.1. The van der Waals surface area contributed by atoms with Gasteiger partial charge in [-0.1, -0.05) is 19.9 Å². The number of nitrogens with one attached hydrogen (secondary N) is 2. The number of nitrogens with zero attached hydrogens (tertiary/aromatic N) is 1. The maximum Gasteiger partial charge on any atom is 0.236 e. The van der Waals surface area contributed by atoms with Crippen molar-refractivity contribution in [2.24, 2.45) is 11.7 Å². The van der Waals surface area contributed by atoms with Crippen molar-refractivity contribution in [1.29, 1.82) is 0 Å². The second-order valence-electron chi connectivity index (χ2n) is 5.42. The third-order valence-electron chi connectivity index (χ3n) is 2.93. The second kappa shape index (κ2) is 13.1. The molecule has 0 aromatic carbocycles. The lowest BCUT2D eigenvalue weighted by atomic mass is 10.0. The van der Waals surface area contributed by atoms with Crippen LogP contribution in [0.1, 0.15) is 32.3 Å².